The van der Waals surface area contributed by atoms with Gasteiger partial charge in [0.25, 0.3) is 0 Å². The van der Waals surface area contributed by atoms with Crippen LogP contribution in [0, 0.1) is 0 Å². The van der Waals surface area contributed by atoms with Crippen LogP contribution in [-0.4, -0.2) is 4.98 Å². The maximum Gasteiger partial charge on any atom is 0.137 e. The van der Waals surface area contributed by atoms with Crippen molar-refractivity contribution in [1.29, 1.82) is 0 Å². The van der Waals surface area contributed by atoms with Crippen LogP contribution in [0.25, 0.3) is 11.0 Å². The molecule has 2 aromatic rings. The first-order valence-corrected chi connectivity index (χ1v) is 6.35. The molecule has 1 saturated carbocycles. The predicted octanol–water partition coefficient (Wildman–Crippen LogP) is 4.22. The molecule has 2 nitrogen and oxygen atoms in total. The molecule has 0 spiro atoms. The Labute approximate surface area is 99.6 Å². The first-order valence-electron chi connectivity index (χ1n) is 5.82. The van der Waals surface area contributed by atoms with Crippen molar-refractivity contribution in [3.05, 3.63) is 29.8 Å². The second kappa shape index (κ2) is 4.10. The summed E-state index contributed by atoms with van der Waals surface area (Å²) in [5, 5.41) is 1.08. The van der Waals surface area contributed by atoms with E-state index in [1.165, 1.54) is 25.7 Å². The molecule has 84 valence electrons. The highest BCUT2D eigenvalue weighted by Gasteiger charge is 2.21. The minimum absolute atomic E-state index is 0.445. The molecule has 1 aliphatic rings. The van der Waals surface area contributed by atoms with Crippen LogP contribution in [0.4, 0.5) is 0 Å². The average molecular weight is 236 g/mol. The van der Waals surface area contributed by atoms with E-state index in [4.69, 9.17) is 16.0 Å². The van der Waals surface area contributed by atoms with Crippen LogP contribution in [0.3, 0.4) is 0 Å². The number of hydrogen-bond donors (Lipinski definition) is 0. The van der Waals surface area contributed by atoms with Gasteiger partial charge in [-0.1, -0.05) is 12.8 Å². The van der Waals surface area contributed by atoms with Gasteiger partial charge in [-0.3, -0.25) is 4.98 Å². The SMILES string of the molecule is ClCc1nccc2oc(C3CCCC3)cc12. The van der Waals surface area contributed by atoms with Gasteiger partial charge >= 0.3 is 0 Å². The summed E-state index contributed by atoms with van der Waals surface area (Å²) >= 11 is 5.87. The van der Waals surface area contributed by atoms with Gasteiger partial charge < -0.3 is 4.42 Å². The lowest BCUT2D eigenvalue weighted by molar-refractivity contribution is 0.494. The zero-order valence-electron chi connectivity index (χ0n) is 9.08. The average Bonchev–Trinajstić information content (AvgIpc) is 2.96. The summed E-state index contributed by atoms with van der Waals surface area (Å²) in [5.74, 6) is 2.17. The molecular formula is C13H14ClNO. The summed E-state index contributed by atoms with van der Waals surface area (Å²) in [6.45, 7) is 0. The summed E-state index contributed by atoms with van der Waals surface area (Å²) in [6, 6.07) is 4.06. The molecule has 0 radical (unpaired) electrons. The largest absolute Gasteiger partial charge is 0.461 e. The molecule has 16 heavy (non-hydrogen) atoms. The Morgan fingerprint density at radius 3 is 2.94 bits per heavy atom. The molecule has 1 fully saturated rings. The van der Waals surface area contributed by atoms with Crippen molar-refractivity contribution in [2.24, 2.45) is 0 Å². The molecule has 2 heterocycles. The van der Waals surface area contributed by atoms with E-state index in [0.717, 1.165) is 22.4 Å². The normalized spacial score (nSPS) is 17.3. The Morgan fingerprint density at radius 1 is 1.38 bits per heavy atom. The van der Waals surface area contributed by atoms with Crippen molar-refractivity contribution in [1.82, 2.24) is 4.98 Å². The molecule has 0 saturated heterocycles. The van der Waals surface area contributed by atoms with Gasteiger partial charge in [-0.05, 0) is 25.0 Å². The topological polar surface area (TPSA) is 26.0 Å². The fourth-order valence-electron chi connectivity index (χ4n) is 2.56. The monoisotopic (exact) mass is 235 g/mol. The molecule has 0 unspecified atom stereocenters. The minimum Gasteiger partial charge on any atom is -0.461 e. The summed E-state index contributed by atoms with van der Waals surface area (Å²) in [5.41, 5.74) is 1.85. The zero-order valence-corrected chi connectivity index (χ0v) is 9.83. The van der Waals surface area contributed by atoms with E-state index < -0.39 is 0 Å². The van der Waals surface area contributed by atoms with E-state index in [1.54, 1.807) is 6.20 Å². The number of pyridine rings is 1. The Bertz CT molecular complexity index is 500. The van der Waals surface area contributed by atoms with Crippen LogP contribution >= 0.6 is 11.6 Å². The number of nitrogens with zero attached hydrogens (tertiary/aromatic N) is 1. The fourth-order valence-corrected chi connectivity index (χ4v) is 2.77. The van der Waals surface area contributed by atoms with E-state index in [9.17, 15) is 0 Å². The van der Waals surface area contributed by atoms with Gasteiger partial charge in [-0.25, -0.2) is 0 Å². The van der Waals surface area contributed by atoms with Gasteiger partial charge in [0.05, 0.1) is 11.6 Å². The van der Waals surface area contributed by atoms with Crippen LogP contribution in [0.5, 0.6) is 0 Å². The molecule has 0 N–H and O–H groups in total. The van der Waals surface area contributed by atoms with E-state index in [-0.39, 0.29) is 0 Å². The first-order chi connectivity index (χ1) is 7.88. The van der Waals surface area contributed by atoms with Crippen molar-refractivity contribution in [3.63, 3.8) is 0 Å². The predicted molar refractivity (Wildman–Crippen MR) is 64.8 cm³/mol. The van der Waals surface area contributed by atoms with Gasteiger partial charge in [0.2, 0.25) is 0 Å². The molecule has 0 amide bonds. The quantitative estimate of drug-likeness (QED) is 0.729. The summed E-state index contributed by atoms with van der Waals surface area (Å²) in [6.07, 6.45) is 6.92. The van der Waals surface area contributed by atoms with Crippen LogP contribution in [0.2, 0.25) is 0 Å². The zero-order chi connectivity index (χ0) is 11.0. The third-order valence-corrected chi connectivity index (χ3v) is 3.68. The minimum atomic E-state index is 0.445. The standard InChI is InChI=1S/C13H14ClNO/c14-8-11-10-7-13(9-3-1-2-4-9)16-12(10)5-6-15-11/h5-7,9H,1-4,8H2. The third-order valence-electron chi connectivity index (χ3n) is 3.43. The summed E-state index contributed by atoms with van der Waals surface area (Å²) < 4.78 is 5.90. The van der Waals surface area contributed by atoms with Crippen molar-refractivity contribution >= 4 is 22.6 Å². The van der Waals surface area contributed by atoms with Crippen LogP contribution in [0.15, 0.2) is 22.7 Å². The number of halogens is 1. The lowest BCUT2D eigenvalue weighted by Crippen LogP contribution is -1.87. The highest BCUT2D eigenvalue weighted by Crippen LogP contribution is 2.37. The van der Waals surface area contributed by atoms with Crippen molar-refractivity contribution in [2.45, 2.75) is 37.5 Å². The lowest BCUT2D eigenvalue weighted by Gasteiger charge is -2.02. The smallest absolute Gasteiger partial charge is 0.137 e. The molecule has 3 heteroatoms. The van der Waals surface area contributed by atoms with Crippen LogP contribution in [0.1, 0.15) is 43.1 Å². The summed E-state index contributed by atoms with van der Waals surface area (Å²) in [7, 11) is 0. The van der Waals surface area contributed by atoms with Crippen molar-refractivity contribution in [3.8, 4) is 0 Å². The maximum absolute atomic E-state index is 5.90. The Hall–Kier alpha value is -1.02. The second-order valence-electron chi connectivity index (χ2n) is 4.43. The van der Waals surface area contributed by atoms with Gasteiger partial charge in [0.15, 0.2) is 0 Å². The molecule has 1 aliphatic carbocycles. The van der Waals surface area contributed by atoms with Crippen LogP contribution in [-0.2, 0) is 5.88 Å². The Balaban J connectivity index is 2.07. The van der Waals surface area contributed by atoms with E-state index in [1.807, 2.05) is 6.07 Å². The maximum atomic E-state index is 5.90. The molecule has 3 rings (SSSR count). The Morgan fingerprint density at radius 2 is 2.19 bits per heavy atom. The second-order valence-corrected chi connectivity index (χ2v) is 4.70. The van der Waals surface area contributed by atoms with Crippen molar-refractivity contribution in [2.75, 3.05) is 0 Å². The number of fused-ring (bicyclic) bond motifs is 1. The summed E-state index contributed by atoms with van der Waals surface area (Å²) in [4.78, 5) is 4.27. The Kier molecular flexibility index (Phi) is 2.60. The highest BCUT2D eigenvalue weighted by atomic mass is 35.5. The number of aromatic nitrogens is 1. The highest BCUT2D eigenvalue weighted by molar-refractivity contribution is 6.17. The number of hydrogen-bond acceptors (Lipinski definition) is 2. The molecule has 0 atom stereocenters. The van der Waals surface area contributed by atoms with Gasteiger partial charge in [0.1, 0.15) is 11.3 Å². The molecule has 2 aromatic heterocycles. The van der Waals surface area contributed by atoms with Gasteiger partial charge in [-0.15, -0.1) is 11.6 Å². The third kappa shape index (κ3) is 1.61. The molecular weight excluding hydrogens is 222 g/mol. The lowest BCUT2D eigenvalue weighted by atomic mass is 10.1. The van der Waals surface area contributed by atoms with E-state index in [0.29, 0.717) is 11.8 Å². The van der Waals surface area contributed by atoms with E-state index in [2.05, 4.69) is 11.1 Å². The van der Waals surface area contributed by atoms with Crippen molar-refractivity contribution < 1.29 is 4.42 Å². The molecule has 0 aromatic carbocycles. The van der Waals surface area contributed by atoms with Gasteiger partial charge in [0, 0.05) is 17.5 Å². The number of rotatable bonds is 2. The van der Waals surface area contributed by atoms with Gasteiger partial charge in [-0.2, -0.15) is 0 Å². The first kappa shape index (κ1) is 10.2. The fraction of sp³-hybridized carbons (Fsp3) is 0.462. The molecule has 0 bridgehead atoms. The van der Waals surface area contributed by atoms with E-state index >= 15 is 0 Å². The number of alkyl halides is 1. The molecule has 0 aliphatic heterocycles. The van der Waals surface area contributed by atoms with Crippen LogP contribution < -0.4 is 0 Å². The number of furan rings is 1.